The number of fused-ring (bicyclic) bond motifs is 1. The molecule has 6 heteroatoms. The first kappa shape index (κ1) is 13.8. The molecule has 0 fully saturated rings. The normalized spacial score (nSPS) is 10.9. The predicted octanol–water partition coefficient (Wildman–Crippen LogP) is 3.25. The van der Waals surface area contributed by atoms with E-state index >= 15 is 0 Å². The van der Waals surface area contributed by atoms with E-state index in [0.717, 1.165) is 27.9 Å². The highest BCUT2D eigenvalue weighted by atomic mass is 32.2. The Morgan fingerprint density at radius 2 is 2.10 bits per heavy atom. The highest BCUT2D eigenvalue weighted by Gasteiger charge is 2.11. The summed E-state index contributed by atoms with van der Waals surface area (Å²) in [4.78, 5) is 0.918. The van der Waals surface area contributed by atoms with Crippen LogP contribution in [0.4, 0.5) is 5.69 Å². The Hall–Kier alpha value is -2.21. The van der Waals surface area contributed by atoms with Gasteiger partial charge in [0.1, 0.15) is 5.75 Å². The predicted molar refractivity (Wildman–Crippen MR) is 83.8 cm³/mol. The fourth-order valence-electron chi connectivity index (χ4n) is 1.94. The lowest BCUT2D eigenvalue weighted by atomic mass is 10.3. The van der Waals surface area contributed by atoms with Crippen molar-refractivity contribution < 1.29 is 4.74 Å². The van der Waals surface area contributed by atoms with Crippen molar-refractivity contribution in [3.63, 3.8) is 0 Å². The average molecular weight is 300 g/mol. The minimum absolute atomic E-state index is 0.642. The summed E-state index contributed by atoms with van der Waals surface area (Å²) < 4.78 is 7.59. The van der Waals surface area contributed by atoms with Gasteiger partial charge in [-0.2, -0.15) is 0 Å². The molecule has 2 N–H and O–H groups in total. The number of hydrogen-bond acceptors (Lipinski definition) is 5. The maximum Gasteiger partial charge on any atom is 0.200 e. The van der Waals surface area contributed by atoms with Gasteiger partial charge >= 0.3 is 0 Å². The Balaban J connectivity index is 1.91. The Kier molecular flexibility index (Phi) is 3.96. The van der Waals surface area contributed by atoms with Crippen LogP contribution in [0.25, 0.3) is 5.65 Å². The lowest BCUT2D eigenvalue weighted by Crippen LogP contribution is -2.00. The van der Waals surface area contributed by atoms with Gasteiger partial charge in [0.2, 0.25) is 5.16 Å². The maximum absolute atomic E-state index is 6.18. The first-order chi connectivity index (χ1) is 10.3. The van der Waals surface area contributed by atoms with Gasteiger partial charge in [-0.05, 0) is 42.4 Å². The number of hydrogen-bond donors (Lipinski definition) is 1. The molecule has 0 spiro atoms. The molecule has 0 aliphatic rings. The van der Waals surface area contributed by atoms with Gasteiger partial charge in [-0.15, -0.1) is 10.2 Å². The van der Waals surface area contributed by atoms with Crippen LogP contribution in [0, 0.1) is 0 Å². The molecule has 21 heavy (non-hydrogen) atoms. The largest absolute Gasteiger partial charge is 0.491 e. The Bertz CT molecular complexity index is 756. The molecule has 2 aromatic heterocycles. The van der Waals surface area contributed by atoms with E-state index in [1.54, 1.807) is 0 Å². The monoisotopic (exact) mass is 300 g/mol. The van der Waals surface area contributed by atoms with Crippen LogP contribution >= 0.6 is 11.8 Å². The third-order valence-electron chi connectivity index (χ3n) is 2.97. The van der Waals surface area contributed by atoms with Crippen molar-refractivity contribution in [2.24, 2.45) is 0 Å². The van der Waals surface area contributed by atoms with Gasteiger partial charge in [0, 0.05) is 11.1 Å². The number of para-hydroxylation sites is 1. The number of nitrogen functional groups attached to an aromatic ring is 1. The summed E-state index contributed by atoms with van der Waals surface area (Å²) in [6.45, 7) is 2.73. The van der Waals surface area contributed by atoms with E-state index in [2.05, 4.69) is 17.1 Å². The molecule has 0 atom stereocenters. The zero-order chi connectivity index (χ0) is 14.7. The molecule has 3 rings (SSSR count). The number of pyridine rings is 1. The van der Waals surface area contributed by atoms with Crippen molar-refractivity contribution in [1.82, 2.24) is 14.6 Å². The molecule has 0 bridgehead atoms. The smallest absolute Gasteiger partial charge is 0.200 e. The van der Waals surface area contributed by atoms with Gasteiger partial charge in [0.25, 0.3) is 0 Å². The molecule has 2 heterocycles. The number of ether oxygens (including phenoxy) is 1. The molecule has 0 saturated heterocycles. The maximum atomic E-state index is 6.18. The van der Waals surface area contributed by atoms with Gasteiger partial charge < -0.3 is 10.5 Å². The average Bonchev–Trinajstić information content (AvgIpc) is 2.91. The molecule has 0 unspecified atom stereocenters. The standard InChI is InChI=1S/C15H16N4OS/c1-2-10-20-11-6-5-7-12(14(11)16)21-15-18-17-13-8-3-4-9-19(13)15/h3-9H,2,10,16H2,1H3. The highest BCUT2D eigenvalue weighted by Crippen LogP contribution is 2.36. The summed E-state index contributed by atoms with van der Waals surface area (Å²) in [7, 11) is 0. The second-order valence-corrected chi connectivity index (χ2v) is 5.54. The summed E-state index contributed by atoms with van der Waals surface area (Å²) in [5.41, 5.74) is 7.64. The van der Waals surface area contributed by atoms with Crippen molar-refractivity contribution in [2.45, 2.75) is 23.4 Å². The molecule has 5 nitrogen and oxygen atoms in total. The van der Waals surface area contributed by atoms with Gasteiger partial charge in [-0.3, -0.25) is 4.40 Å². The van der Waals surface area contributed by atoms with E-state index in [4.69, 9.17) is 10.5 Å². The summed E-state index contributed by atoms with van der Waals surface area (Å²) >= 11 is 1.48. The number of anilines is 1. The Morgan fingerprint density at radius 1 is 1.19 bits per heavy atom. The van der Waals surface area contributed by atoms with Crippen molar-refractivity contribution in [3.8, 4) is 5.75 Å². The van der Waals surface area contributed by atoms with E-state index in [0.29, 0.717) is 12.3 Å². The van der Waals surface area contributed by atoms with Crippen LogP contribution in [0.3, 0.4) is 0 Å². The molecule has 1 aromatic carbocycles. The van der Waals surface area contributed by atoms with E-state index < -0.39 is 0 Å². The first-order valence-corrected chi connectivity index (χ1v) is 7.60. The first-order valence-electron chi connectivity index (χ1n) is 6.78. The van der Waals surface area contributed by atoms with Gasteiger partial charge in [-0.1, -0.05) is 19.1 Å². The van der Waals surface area contributed by atoms with Crippen molar-refractivity contribution in [1.29, 1.82) is 0 Å². The summed E-state index contributed by atoms with van der Waals surface area (Å²) in [6, 6.07) is 11.6. The fourth-order valence-corrected chi connectivity index (χ4v) is 2.83. The minimum atomic E-state index is 0.642. The van der Waals surface area contributed by atoms with Crippen LogP contribution in [-0.4, -0.2) is 21.2 Å². The van der Waals surface area contributed by atoms with Gasteiger partial charge in [0.05, 0.1) is 12.3 Å². The van der Waals surface area contributed by atoms with E-state index in [1.165, 1.54) is 11.8 Å². The van der Waals surface area contributed by atoms with Crippen molar-refractivity contribution >= 4 is 23.1 Å². The number of nitrogens with zero attached hydrogens (tertiary/aromatic N) is 3. The van der Waals surface area contributed by atoms with Crippen LogP contribution < -0.4 is 10.5 Å². The highest BCUT2D eigenvalue weighted by molar-refractivity contribution is 7.99. The Morgan fingerprint density at radius 3 is 2.95 bits per heavy atom. The number of nitrogens with two attached hydrogens (primary N) is 1. The van der Waals surface area contributed by atoms with Crippen LogP contribution in [-0.2, 0) is 0 Å². The second kappa shape index (κ2) is 6.05. The summed E-state index contributed by atoms with van der Waals surface area (Å²) in [5.74, 6) is 0.718. The summed E-state index contributed by atoms with van der Waals surface area (Å²) in [5, 5.41) is 9.12. The van der Waals surface area contributed by atoms with Crippen LogP contribution in [0.1, 0.15) is 13.3 Å². The minimum Gasteiger partial charge on any atom is -0.491 e. The van der Waals surface area contributed by atoms with Crippen LogP contribution in [0.2, 0.25) is 0 Å². The van der Waals surface area contributed by atoms with E-state index in [-0.39, 0.29) is 0 Å². The molecule has 108 valence electrons. The SMILES string of the molecule is CCCOc1cccc(Sc2nnc3ccccn23)c1N. The van der Waals surface area contributed by atoms with Crippen molar-refractivity contribution in [3.05, 3.63) is 42.6 Å². The van der Waals surface area contributed by atoms with Crippen molar-refractivity contribution in [2.75, 3.05) is 12.3 Å². The molecule has 0 radical (unpaired) electrons. The topological polar surface area (TPSA) is 65.4 Å². The Labute approximate surface area is 127 Å². The summed E-state index contributed by atoms with van der Waals surface area (Å²) in [6.07, 6.45) is 2.89. The van der Waals surface area contributed by atoms with Gasteiger partial charge in [0.15, 0.2) is 5.65 Å². The zero-order valence-electron chi connectivity index (χ0n) is 11.7. The molecule has 0 saturated carbocycles. The molecular weight excluding hydrogens is 284 g/mol. The van der Waals surface area contributed by atoms with Crippen LogP contribution in [0.5, 0.6) is 5.75 Å². The fraction of sp³-hybridized carbons (Fsp3) is 0.200. The zero-order valence-corrected chi connectivity index (χ0v) is 12.5. The molecule has 0 aliphatic carbocycles. The molecule has 3 aromatic rings. The lowest BCUT2D eigenvalue weighted by molar-refractivity contribution is 0.318. The van der Waals surface area contributed by atoms with E-state index in [1.807, 2.05) is 47.0 Å². The molecular formula is C15H16N4OS. The quantitative estimate of drug-likeness (QED) is 0.733. The second-order valence-electron chi connectivity index (χ2n) is 4.53. The number of benzene rings is 1. The number of rotatable bonds is 5. The lowest BCUT2D eigenvalue weighted by Gasteiger charge is -2.10. The molecule has 0 aliphatic heterocycles. The third-order valence-corrected chi connectivity index (χ3v) is 4.01. The molecule has 0 amide bonds. The van der Waals surface area contributed by atoms with Crippen LogP contribution in [0.15, 0.2) is 52.6 Å². The van der Waals surface area contributed by atoms with E-state index in [9.17, 15) is 0 Å². The third kappa shape index (κ3) is 2.80. The number of aromatic nitrogens is 3. The van der Waals surface area contributed by atoms with Gasteiger partial charge in [-0.25, -0.2) is 0 Å².